The van der Waals surface area contributed by atoms with E-state index >= 15 is 0 Å². The van der Waals surface area contributed by atoms with Gasteiger partial charge >= 0.3 is 6.18 Å². The van der Waals surface area contributed by atoms with E-state index in [0.717, 1.165) is 16.2 Å². The molecule has 0 radical (unpaired) electrons. The fourth-order valence-electron chi connectivity index (χ4n) is 2.55. The number of carbonyl (C=O) groups excluding carboxylic acids is 1. The summed E-state index contributed by atoms with van der Waals surface area (Å²) in [4.78, 5) is 19.4. The molecule has 1 heterocycles. The monoisotopic (exact) mass is 479 g/mol. The minimum atomic E-state index is -4.60. The molecule has 0 atom stereocenters. The molecule has 0 bridgehead atoms. The quantitative estimate of drug-likeness (QED) is 0.464. The SMILES string of the molecule is CNC(=O)c1ccc(Nc2ncc(C(F)(F)F)c(NCc3ccc(Br)cc3)n2)cc1. The Kier molecular flexibility index (Phi) is 6.56. The van der Waals surface area contributed by atoms with Crippen molar-refractivity contribution in [1.82, 2.24) is 15.3 Å². The van der Waals surface area contributed by atoms with Crippen molar-refractivity contribution < 1.29 is 18.0 Å². The molecule has 1 amide bonds. The zero-order valence-corrected chi connectivity index (χ0v) is 17.3. The Hall–Kier alpha value is -3.14. The molecule has 3 rings (SSSR count). The normalized spacial score (nSPS) is 11.1. The highest BCUT2D eigenvalue weighted by Crippen LogP contribution is 2.34. The number of hydrogen-bond donors (Lipinski definition) is 3. The average molecular weight is 480 g/mol. The molecular weight excluding hydrogens is 463 g/mol. The Labute approximate surface area is 179 Å². The number of benzene rings is 2. The van der Waals surface area contributed by atoms with Gasteiger partial charge in [-0.3, -0.25) is 4.79 Å². The van der Waals surface area contributed by atoms with Crippen LogP contribution in [0.15, 0.2) is 59.2 Å². The van der Waals surface area contributed by atoms with Crippen LogP contribution in [-0.4, -0.2) is 22.9 Å². The zero-order chi connectivity index (χ0) is 21.7. The van der Waals surface area contributed by atoms with Crippen molar-refractivity contribution in [3.63, 3.8) is 0 Å². The van der Waals surface area contributed by atoms with E-state index in [1.165, 1.54) is 7.05 Å². The van der Waals surface area contributed by atoms with E-state index in [0.29, 0.717) is 11.3 Å². The van der Waals surface area contributed by atoms with Gasteiger partial charge in [0.2, 0.25) is 5.95 Å². The molecule has 10 heteroatoms. The summed E-state index contributed by atoms with van der Waals surface area (Å²) in [5, 5.41) is 8.09. The molecule has 3 N–H and O–H groups in total. The molecule has 0 saturated heterocycles. The van der Waals surface area contributed by atoms with Crippen molar-refractivity contribution in [3.8, 4) is 0 Å². The van der Waals surface area contributed by atoms with Gasteiger partial charge in [-0.2, -0.15) is 18.2 Å². The standard InChI is InChI=1S/C20H17BrF3N5O/c1-25-18(30)13-4-8-15(9-5-13)28-19-27-11-16(20(22,23)24)17(29-19)26-10-12-2-6-14(21)7-3-12/h2-9,11H,10H2,1H3,(H,25,30)(H2,26,27,28,29). The Bertz CT molecular complexity index is 1020. The van der Waals surface area contributed by atoms with E-state index in [9.17, 15) is 18.0 Å². The number of halogens is 4. The van der Waals surface area contributed by atoms with Gasteiger partial charge < -0.3 is 16.0 Å². The second-order valence-corrected chi connectivity index (χ2v) is 7.13. The van der Waals surface area contributed by atoms with E-state index in [1.807, 2.05) is 0 Å². The third-order valence-corrected chi connectivity index (χ3v) is 4.63. The lowest BCUT2D eigenvalue weighted by Crippen LogP contribution is -2.17. The molecule has 2 aromatic carbocycles. The third kappa shape index (κ3) is 5.47. The van der Waals surface area contributed by atoms with E-state index in [-0.39, 0.29) is 24.2 Å². The number of aromatic nitrogens is 2. The Morgan fingerprint density at radius 2 is 1.73 bits per heavy atom. The van der Waals surface area contributed by atoms with Crippen LogP contribution in [0.5, 0.6) is 0 Å². The van der Waals surface area contributed by atoms with Gasteiger partial charge in [-0.1, -0.05) is 28.1 Å². The van der Waals surface area contributed by atoms with Crippen molar-refractivity contribution >= 4 is 39.3 Å². The summed E-state index contributed by atoms with van der Waals surface area (Å²) in [6.45, 7) is 0.160. The minimum absolute atomic E-state index is 0.00556. The number of carbonyl (C=O) groups is 1. The Balaban J connectivity index is 1.81. The maximum absolute atomic E-state index is 13.4. The summed E-state index contributed by atoms with van der Waals surface area (Å²) >= 11 is 3.32. The molecule has 0 unspecified atom stereocenters. The lowest BCUT2D eigenvalue weighted by Gasteiger charge is -2.15. The molecule has 3 aromatic rings. The highest BCUT2D eigenvalue weighted by atomic mass is 79.9. The first-order chi connectivity index (χ1) is 14.3. The van der Waals surface area contributed by atoms with Crippen LogP contribution in [0.1, 0.15) is 21.5 Å². The molecule has 30 heavy (non-hydrogen) atoms. The van der Waals surface area contributed by atoms with Crippen molar-refractivity contribution in [2.45, 2.75) is 12.7 Å². The molecule has 1 aromatic heterocycles. The molecule has 0 aliphatic rings. The zero-order valence-electron chi connectivity index (χ0n) is 15.7. The van der Waals surface area contributed by atoms with Crippen molar-refractivity contribution in [1.29, 1.82) is 0 Å². The predicted octanol–water partition coefficient (Wildman–Crippen LogP) is 4.97. The Morgan fingerprint density at radius 3 is 2.33 bits per heavy atom. The van der Waals surface area contributed by atoms with Gasteiger partial charge in [0, 0.05) is 35.5 Å². The summed E-state index contributed by atoms with van der Waals surface area (Å²) in [7, 11) is 1.52. The van der Waals surface area contributed by atoms with E-state index in [4.69, 9.17) is 0 Å². The van der Waals surface area contributed by atoms with Crippen molar-refractivity contribution in [2.24, 2.45) is 0 Å². The van der Waals surface area contributed by atoms with Crippen LogP contribution in [0.25, 0.3) is 0 Å². The first-order valence-electron chi connectivity index (χ1n) is 8.78. The number of hydrogen-bond acceptors (Lipinski definition) is 5. The van der Waals surface area contributed by atoms with Gasteiger partial charge in [0.05, 0.1) is 0 Å². The lowest BCUT2D eigenvalue weighted by atomic mass is 10.2. The van der Waals surface area contributed by atoms with Crippen LogP contribution in [0, 0.1) is 0 Å². The second kappa shape index (κ2) is 9.12. The van der Waals surface area contributed by atoms with Gasteiger partial charge in [-0.05, 0) is 42.0 Å². The van der Waals surface area contributed by atoms with E-state index in [1.54, 1.807) is 48.5 Å². The fraction of sp³-hybridized carbons (Fsp3) is 0.150. The van der Waals surface area contributed by atoms with Crippen LogP contribution in [0.4, 0.5) is 30.6 Å². The maximum atomic E-state index is 13.4. The first kappa shape index (κ1) is 21.6. The van der Waals surface area contributed by atoms with E-state index < -0.39 is 11.7 Å². The molecule has 0 saturated carbocycles. The molecule has 0 fully saturated rings. The average Bonchev–Trinajstić information content (AvgIpc) is 2.72. The maximum Gasteiger partial charge on any atom is 0.421 e. The molecule has 6 nitrogen and oxygen atoms in total. The number of amides is 1. The van der Waals surface area contributed by atoms with Crippen molar-refractivity contribution in [2.75, 3.05) is 17.7 Å². The lowest BCUT2D eigenvalue weighted by molar-refractivity contribution is -0.137. The van der Waals surface area contributed by atoms with Gasteiger partial charge in [-0.25, -0.2) is 4.98 Å². The van der Waals surface area contributed by atoms with Crippen LogP contribution in [0.3, 0.4) is 0 Å². The highest BCUT2D eigenvalue weighted by Gasteiger charge is 2.35. The topological polar surface area (TPSA) is 78.9 Å². The number of alkyl halides is 3. The number of rotatable bonds is 6. The molecule has 0 aliphatic heterocycles. The number of nitrogens with zero attached hydrogens (tertiary/aromatic N) is 2. The predicted molar refractivity (Wildman–Crippen MR) is 112 cm³/mol. The largest absolute Gasteiger partial charge is 0.421 e. The smallest absolute Gasteiger partial charge is 0.365 e. The molecule has 156 valence electrons. The van der Waals surface area contributed by atoms with E-state index in [2.05, 4.69) is 41.8 Å². The van der Waals surface area contributed by atoms with Gasteiger partial charge in [0.25, 0.3) is 5.91 Å². The summed E-state index contributed by atoms with van der Waals surface area (Å²) in [6, 6.07) is 13.6. The molecule has 0 aliphatic carbocycles. The van der Waals surface area contributed by atoms with Crippen LogP contribution >= 0.6 is 15.9 Å². The van der Waals surface area contributed by atoms with Gasteiger partial charge in [-0.15, -0.1) is 0 Å². The summed E-state index contributed by atoms with van der Waals surface area (Å²) in [5.74, 6) is -0.578. The van der Waals surface area contributed by atoms with Crippen LogP contribution < -0.4 is 16.0 Å². The summed E-state index contributed by atoms with van der Waals surface area (Å²) < 4.78 is 40.9. The second-order valence-electron chi connectivity index (χ2n) is 6.22. The number of anilines is 3. The van der Waals surface area contributed by atoms with Gasteiger partial charge in [0.15, 0.2) is 0 Å². The van der Waals surface area contributed by atoms with Crippen LogP contribution in [0.2, 0.25) is 0 Å². The summed E-state index contributed by atoms with van der Waals surface area (Å²) in [6.07, 6.45) is -3.87. The third-order valence-electron chi connectivity index (χ3n) is 4.10. The van der Waals surface area contributed by atoms with Crippen LogP contribution in [-0.2, 0) is 12.7 Å². The van der Waals surface area contributed by atoms with Crippen molar-refractivity contribution in [3.05, 3.63) is 75.9 Å². The molecule has 0 spiro atoms. The Morgan fingerprint density at radius 1 is 1.07 bits per heavy atom. The number of nitrogens with one attached hydrogen (secondary N) is 3. The summed E-state index contributed by atoms with van der Waals surface area (Å²) in [5.41, 5.74) is 0.818. The fourth-order valence-corrected chi connectivity index (χ4v) is 2.82. The first-order valence-corrected chi connectivity index (χ1v) is 9.57. The highest BCUT2D eigenvalue weighted by molar-refractivity contribution is 9.10. The van der Waals surface area contributed by atoms with Gasteiger partial charge in [0.1, 0.15) is 11.4 Å². The minimum Gasteiger partial charge on any atom is -0.365 e. The molecular formula is C20H17BrF3N5O.